The minimum absolute atomic E-state index is 0.0571. The van der Waals surface area contributed by atoms with Gasteiger partial charge < -0.3 is 10.6 Å². The molecule has 15 heteroatoms. The number of amides is 2. The Kier molecular flexibility index (Phi) is 7.93. The summed E-state index contributed by atoms with van der Waals surface area (Å²) in [5.41, 5.74) is -0.197. The van der Waals surface area contributed by atoms with Gasteiger partial charge in [-0.1, -0.05) is 23.2 Å². The summed E-state index contributed by atoms with van der Waals surface area (Å²) in [6.07, 6.45) is -2.64. The number of anilines is 1. The molecule has 0 bridgehead atoms. The summed E-state index contributed by atoms with van der Waals surface area (Å²) in [6.45, 7) is 4.97. The molecule has 0 unspecified atom stereocenters. The van der Waals surface area contributed by atoms with Gasteiger partial charge >= 0.3 is 6.18 Å². The second-order valence-corrected chi connectivity index (χ2v) is 9.57. The van der Waals surface area contributed by atoms with Crippen LogP contribution in [0.4, 0.5) is 18.9 Å². The normalized spacial score (nSPS) is 11.6. The Morgan fingerprint density at radius 3 is 2.49 bits per heavy atom. The minimum Gasteiger partial charge on any atom is -0.350 e. The molecule has 3 heterocycles. The number of rotatable bonds is 7. The standard InChI is InChI=1S/C24H21Cl2F3N8O2/c1-12(2)32-22(38)16-8-14(25)7-13(3)20(16)33-23(39)18-9-15(11-36-31-10-19(35-36)24(27,28)29)34-37(18)21-17(26)5-4-6-30-21/h4-10,12H,11H2,1-3H3,(H,32,38)(H,33,39). The van der Waals surface area contributed by atoms with Gasteiger partial charge in [0.1, 0.15) is 12.2 Å². The van der Waals surface area contributed by atoms with Gasteiger partial charge in [0.05, 0.1) is 28.2 Å². The first-order valence-corrected chi connectivity index (χ1v) is 12.2. The van der Waals surface area contributed by atoms with Crippen LogP contribution >= 0.6 is 23.2 Å². The van der Waals surface area contributed by atoms with Gasteiger partial charge in [-0.15, -0.1) is 5.10 Å². The number of benzene rings is 1. The molecular formula is C24H21Cl2F3N8O2. The summed E-state index contributed by atoms with van der Waals surface area (Å²) in [5, 5.41) is 17.3. The summed E-state index contributed by atoms with van der Waals surface area (Å²) in [4.78, 5) is 31.4. The van der Waals surface area contributed by atoms with E-state index in [1.807, 2.05) is 0 Å². The highest BCUT2D eigenvalue weighted by atomic mass is 35.5. The smallest absolute Gasteiger partial charge is 0.350 e. The van der Waals surface area contributed by atoms with Gasteiger partial charge in [0.25, 0.3) is 11.8 Å². The average Bonchev–Trinajstić information content (AvgIpc) is 3.48. The van der Waals surface area contributed by atoms with Crippen molar-refractivity contribution in [3.63, 3.8) is 0 Å². The molecule has 0 saturated heterocycles. The fraction of sp³-hybridized carbons (Fsp3) is 0.250. The Morgan fingerprint density at radius 1 is 1.10 bits per heavy atom. The van der Waals surface area contributed by atoms with Crippen molar-refractivity contribution in [1.82, 2.24) is 35.1 Å². The van der Waals surface area contributed by atoms with Gasteiger partial charge in [-0.05, 0) is 56.7 Å². The summed E-state index contributed by atoms with van der Waals surface area (Å²) in [5.74, 6) is -1.03. The number of hydrogen-bond acceptors (Lipinski definition) is 6. The molecule has 3 aromatic heterocycles. The maximum absolute atomic E-state index is 13.6. The van der Waals surface area contributed by atoms with Crippen LogP contribution in [0.1, 0.15) is 51.6 Å². The zero-order valence-corrected chi connectivity index (χ0v) is 22.2. The molecule has 0 saturated carbocycles. The number of aryl methyl sites for hydroxylation is 1. The molecule has 0 fully saturated rings. The van der Waals surface area contributed by atoms with E-state index in [1.165, 1.54) is 24.4 Å². The van der Waals surface area contributed by atoms with E-state index in [2.05, 4.69) is 30.9 Å². The van der Waals surface area contributed by atoms with E-state index in [0.29, 0.717) is 16.8 Å². The number of pyridine rings is 1. The Hall–Kier alpha value is -3.97. The number of carbonyl (C=O) groups excluding carboxylic acids is 2. The second-order valence-electron chi connectivity index (χ2n) is 8.73. The van der Waals surface area contributed by atoms with Gasteiger partial charge in [-0.2, -0.15) is 28.2 Å². The van der Waals surface area contributed by atoms with Crippen molar-refractivity contribution in [2.75, 3.05) is 5.32 Å². The maximum atomic E-state index is 13.6. The third-order valence-corrected chi connectivity index (χ3v) is 5.78. The summed E-state index contributed by atoms with van der Waals surface area (Å²) in [7, 11) is 0. The highest BCUT2D eigenvalue weighted by molar-refractivity contribution is 6.32. The van der Waals surface area contributed by atoms with Crippen LogP contribution in [0.25, 0.3) is 5.82 Å². The number of hydrogen-bond donors (Lipinski definition) is 2. The molecule has 0 radical (unpaired) electrons. The van der Waals surface area contributed by atoms with Gasteiger partial charge in [-0.25, -0.2) is 9.67 Å². The molecule has 2 amide bonds. The second kappa shape index (κ2) is 11.0. The molecule has 204 valence electrons. The molecule has 0 aliphatic heterocycles. The summed E-state index contributed by atoms with van der Waals surface area (Å²) in [6, 6.07) is 7.31. The van der Waals surface area contributed by atoms with Gasteiger partial charge in [-0.3, -0.25) is 9.59 Å². The van der Waals surface area contributed by atoms with Crippen LogP contribution in [0.2, 0.25) is 10.0 Å². The quantitative estimate of drug-likeness (QED) is 0.320. The van der Waals surface area contributed by atoms with E-state index in [1.54, 1.807) is 32.9 Å². The number of nitrogens with one attached hydrogen (secondary N) is 2. The average molecular weight is 581 g/mol. The summed E-state index contributed by atoms with van der Waals surface area (Å²) >= 11 is 12.5. The number of alkyl halides is 3. The highest BCUT2D eigenvalue weighted by Gasteiger charge is 2.34. The largest absolute Gasteiger partial charge is 0.436 e. The van der Waals surface area contributed by atoms with E-state index in [4.69, 9.17) is 23.2 Å². The van der Waals surface area contributed by atoms with Crippen LogP contribution in [0.3, 0.4) is 0 Å². The lowest BCUT2D eigenvalue weighted by atomic mass is 10.1. The van der Waals surface area contributed by atoms with E-state index < -0.39 is 23.7 Å². The third kappa shape index (κ3) is 6.37. The van der Waals surface area contributed by atoms with Crippen molar-refractivity contribution < 1.29 is 22.8 Å². The lowest BCUT2D eigenvalue weighted by Gasteiger charge is -2.16. The number of halogens is 5. The van der Waals surface area contributed by atoms with Crippen molar-refractivity contribution in [2.45, 2.75) is 39.5 Å². The predicted octanol–water partition coefficient (Wildman–Crippen LogP) is 4.93. The Balaban J connectivity index is 1.74. The zero-order chi connectivity index (χ0) is 28.5. The van der Waals surface area contributed by atoms with Gasteiger partial charge in [0.2, 0.25) is 0 Å². The van der Waals surface area contributed by atoms with Crippen LogP contribution in [0, 0.1) is 6.92 Å². The molecule has 0 atom stereocenters. The molecule has 0 aliphatic carbocycles. The van der Waals surface area contributed by atoms with Crippen molar-refractivity contribution in [3.8, 4) is 5.82 Å². The van der Waals surface area contributed by atoms with Crippen LogP contribution in [-0.2, 0) is 12.7 Å². The first kappa shape index (κ1) is 28.0. The zero-order valence-electron chi connectivity index (χ0n) is 20.7. The summed E-state index contributed by atoms with van der Waals surface area (Å²) < 4.78 is 40.0. The van der Waals surface area contributed by atoms with Crippen LogP contribution in [-0.4, -0.2) is 47.6 Å². The van der Waals surface area contributed by atoms with Crippen molar-refractivity contribution >= 4 is 40.7 Å². The Morgan fingerprint density at radius 2 is 1.85 bits per heavy atom. The molecule has 10 nitrogen and oxygen atoms in total. The monoisotopic (exact) mass is 580 g/mol. The SMILES string of the molecule is Cc1cc(Cl)cc(C(=O)NC(C)C)c1NC(=O)c1cc(Cn2ncc(C(F)(F)F)n2)nn1-c1ncccc1Cl. The van der Waals surface area contributed by atoms with Crippen molar-refractivity contribution in [2.24, 2.45) is 0 Å². The number of aromatic nitrogens is 6. The highest BCUT2D eigenvalue weighted by Crippen LogP contribution is 2.28. The van der Waals surface area contributed by atoms with Crippen LogP contribution in [0.15, 0.2) is 42.7 Å². The third-order valence-electron chi connectivity index (χ3n) is 5.27. The van der Waals surface area contributed by atoms with Gasteiger partial charge in [0, 0.05) is 17.3 Å². The van der Waals surface area contributed by atoms with Crippen LogP contribution in [0.5, 0.6) is 0 Å². The molecule has 4 aromatic rings. The minimum atomic E-state index is -4.67. The molecule has 0 spiro atoms. The first-order chi connectivity index (χ1) is 18.3. The lowest BCUT2D eigenvalue weighted by molar-refractivity contribution is -0.141. The van der Waals surface area contributed by atoms with Crippen LogP contribution < -0.4 is 10.6 Å². The fourth-order valence-corrected chi connectivity index (χ4v) is 4.09. The molecular weight excluding hydrogens is 560 g/mol. The molecule has 4 rings (SSSR count). The van der Waals surface area contributed by atoms with E-state index in [9.17, 15) is 22.8 Å². The lowest BCUT2D eigenvalue weighted by Crippen LogP contribution is -2.31. The maximum Gasteiger partial charge on any atom is 0.436 e. The topological polar surface area (TPSA) is 120 Å². The molecule has 1 aromatic carbocycles. The Bertz CT molecular complexity index is 1550. The van der Waals surface area contributed by atoms with Crippen molar-refractivity contribution in [1.29, 1.82) is 0 Å². The number of nitrogens with zero attached hydrogens (tertiary/aromatic N) is 6. The van der Waals surface area contributed by atoms with Crippen molar-refractivity contribution in [3.05, 3.63) is 81.0 Å². The van der Waals surface area contributed by atoms with Gasteiger partial charge in [0.15, 0.2) is 11.5 Å². The molecule has 39 heavy (non-hydrogen) atoms. The fourth-order valence-electron chi connectivity index (χ4n) is 3.62. The molecule has 0 aliphatic rings. The van der Waals surface area contributed by atoms with E-state index in [-0.39, 0.29) is 46.1 Å². The van der Waals surface area contributed by atoms with E-state index in [0.717, 1.165) is 9.48 Å². The van der Waals surface area contributed by atoms with E-state index >= 15 is 0 Å². The first-order valence-electron chi connectivity index (χ1n) is 11.4. The predicted molar refractivity (Wildman–Crippen MR) is 137 cm³/mol. The molecule has 2 N–H and O–H groups in total. The number of carbonyl (C=O) groups is 2. The Labute approximate surface area is 230 Å².